The van der Waals surface area contributed by atoms with Crippen molar-refractivity contribution in [1.82, 2.24) is 4.98 Å². The molecule has 0 saturated carbocycles. The first kappa shape index (κ1) is 22.7. The van der Waals surface area contributed by atoms with Gasteiger partial charge in [0.15, 0.2) is 0 Å². The van der Waals surface area contributed by atoms with Gasteiger partial charge in [0.05, 0.1) is 12.1 Å². The molecule has 2 aromatic carbocycles. The Balaban J connectivity index is 1.54. The van der Waals surface area contributed by atoms with Crippen molar-refractivity contribution in [2.45, 2.75) is 79.6 Å². The second-order valence-electron chi connectivity index (χ2n) is 10.3. The van der Waals surface area contributed by atoms with Gasteiger partial charge in [-0.2, -0.15) is 0 Å². The van der Waals surface area contributed by atoms with Crippen LogP contribution < -0.4 is 4.74 Å². The monoisotopic (exact) mass is 407 g/mol. The number of fused-ring (bicyclic) bond motifs is 3. The standard InChI is InChI=1S/C28H41NO/c1-6-7-8-14-22(28(3,4)5)15-11-13-21(2)20-30-26-19-12-18-25-27(26)23-16-9-10-17-24(23)29-25/h9-10,12,16-19,21-22,29H,6-8,11,13-15,20H2,1-5H3. The van der Waals surface area contributed by atoms with E-state index in [4.69, 9.17) is 4.74 Å². The smallest absolute Gasteiger partial charge is 0.129 e. The molecule has 2 unspecified atom stereocenters. The van der Waals surface area contributed by atoms with Gasteiger partial charge in [-0.25, -0.2) is 0 Å². The third-order valence-corrected chi connectivity index (χ3v) is 6.65. The van der Waals surface area contributed by atoms with Crippen molar-refractivity contribution in [3.63, 3.8) is 0 Å². The van der Waals surface area contributed by atoms with Crippen molar-refractivity contribution in [1.29, 1.82) is 0 Å². The van der Waals surface area contributed by atoms with Crippen LogP contribution in [0.2, 0.25) is 0 Å². The Morgan fingerprint density at radius 2 is 1.60 bits per heavy atom. The first-order valence-corrected chi connectivity index (χ1v) is 12.0. The SMILES string of the molecule is CCCCCC(CCCC(C)COc1cccc2[nH]c3ccccc3c12)C(C)(C)C. The second kappa shape index (κ2) is 10.4. The number of nitrogens with one attached hydrogen (secondary N) is 1. The molecule has 1 N–H and O–H groups in total. The molecule has 164 valence electrons. The van der Waals surface area contributed by atoms with Gasteiger partial charge in [-0.15, -0.1) is 0 Å². The molecular formula is C28H41NO. The van der Waals surface area contributed by atoms with E-state index in [2.05, 4.69) is 82.1 Å². The van der Waals surface area contributed by atoms with E-state index in [0.29, 0.717) is 11.3 Å². The lowest BCUT2D eigenvalue weighted by Crippen LogP contribution is -2.21. The van der Waals surface area contributed by atoms with Crippen molar-refractivity contribution < 1.29 is 4.74 Å². The van der Waals surface area contributed by atoms with Crippen LogP contribution in [-0.4, -0.2) is 11.6 Å². The van der Waals surface area contributed by atoms with E-state index in [1.165, 1.54) is 61.2 Å². The zero-order chi connectivity index (χ0) is 21.6. The van der Waals surface area contributed by atoms with Crippen LogP contribution in [0.25, 0.3) is 21.8 Å². The predicted octanol–water partition coefficient (Wildman–Crippen LogP) is 8.75. The lowest BCUT2D eigenvalue weighted by molar-refractivity contribution is 0.192. The van der Waals surface area contributed by atoms with Crippen LogP contribution in [-0.2, 0) is 0 Å². The summed E-state index contributed by atoms with van der Waals surface area (Å²) >= 11 is 0. The molecule has 1 aromatic heterocycles. The maximum absolute atomic E-state index is 6.33. The van der Waals surface area contributed by atoms with E-state index >= 15 is 0 Å². The summed E-state index contributed by atoms with van der Waals surface area (Å²) in [5.74, 6) is 2.41. The van der Waals surface area contributed by atoms with Gasteiger partial charge in [-0.3, -0.25) is 0 Å². The third-order valence-electron chi connectivity index (χ3n) is 6.65. The maximum Gasteiger partial charge on any atom is 0.129 e. The molecule has 1 heterocycles. The minimum absolute atomic E-state index is 0.415. The Labute approximate surface area is 183 Å². The third kappa shape index (κ3) is 5.80. The molecule has 2 nitrogen and oxygen atoms in total. The van der Waals surface area contributed by atoms with E-state index < -0.39 is 0 Å². The van der Waals surface area contributed by atoms with Crippen LogP contribution in [0.5, 0.6) is 5.75 Å². The number of hydrogen-bond acceptors (Lipinski definition) is 1. The van der Waals surface area contributed by atoms with Crippen molar-refractivity contribution in [2.24, 2.45) is 17.3 Å². The van der Waals surface area contributed by atoms with Crippen LogP contribution in [0.15, 0.2) is 42.5 Å². The van der Waals surface area contributed by atoms with Crippen molar-refractivity contribution >= 4 is 21.8 Å². The quantitative estimate of drug-likeness (QED) is 0.316. The number of benzene rings is 2. The summed E-state index contributed by atoms with van der Waals surface area (Å²) in [6, 6.07) is 14.8. The fourth-order valence-electron chi connectivity index (χ4n) is 4.67. The highest BCUT2D eigenvalue weighted by Gasteiger charge is 2.23. The first-order valence-electron chi connectivity index (χ1n) is 12.0. The van der Waals surface area contributed by atoms with Crippen LogP contribution >= 0.6 is 0 Å². The number of rotatable bonds is 11. The molecule has 0 spiro atoms. The molecule has 3 aromatic rings. The van der Waals surface area contributed by atoms with E-state index in [1.807, 2.05) is 0 Å². The summed E-state index contributed by atoms with van der Waals surface area (Å²) in [6.45, 7) is 12.7. The van der Waals surface area contributed by atoms with Gasteiger partial charge in [0.1, 0.15) is 5.75 Å². The molecule has 0 aliphatic rings. The Hall–Kier alpha value is -1.96. The van der Waals surface area contributed by atoms with Crippen molar-refractivity contribution in [2.75, 3.05) is 6.61 Å². The largest absolute Gasteiger partial charge is 0.493 e. The molecular weight excluding hydrogens is 366 g/mol. The maximum atomic E-state index is 6.33. The van der Waals surface area contributed by atoms with E-state index in [0.717, 1.165) is 23.8 Å². The summed E-state index contributed by atoms with van der Waals surface area (Å²) in [4.78, 5) is 3.51. The number of aromatic amines is 1. The number of H-pyrrole nitrogens is 1. The highest BCUT2D eigenvalue weighted by Crippen LogP contribution is 2.35. The average Bonchev–Trinajstić information content (AvgIpc) is 3.09. The zero-order valence-corrected chi connectivity index (χ0v) is 19.8. The van der Waals surface area contributed by atoms with Gasteiger partial charge in [-0.05, 0) is 54.7 Å². The second-order valence-corrected chi connectivity index (χ2v) is 10.3. The fourth-order valence-corrected chi connectivity index (χ4v) is 4.67. The minimum atomic E-state index is 0.415. The van der Waals surface area contributed by atoms with E-state index in [-0.39, 0.29) is 0 Å². The Morgan fingerprint density at radius 3 is 2.37 bits per heavy atom. The number of aromatic nitrogens is 1. The summed E-state index contributed by atoms with van der Waals surface area (Å²) in [6.07, 6.45) is 9.33. The van der Waals surface area contributed by atoms with Crippen LogP contribution in [0, 0.1) is 17.3 Å². The van der Waals surface area contributed by atoms with Crippen LogP contribution in [0.3, 0.4) is 0 Å². The predicted molar refractivity (Wildman–Crippen MR) is 131 cm³/mol. The lowest BCUT2D eigenvalue weighted by Gasteiger charge is -2.31. The van der Waals surface area contributed by atoms with E-state index in [9.17, 15) is 0 Å². The molecule has 0 bridgehead atoms. The topological polar surface area (TPSA) is 25.0 Å². The summed E-state index contributed by atoms with van der Waals surface area (Å²) in [5.41, 5.74) is 2.74. The lowest BCUT2D eigenvalue weighted by atomic mass is 9.75. The van der Waals surface area contributed by atoms with Crippen molar-refractivity contribution in [3.05, 3.63) is 42.5 Å². The molecule has 3 rings (SSSR count). The van der Waals surface area contributed by atoms with Gasteiger partial charge in [0, 0.05) is 16.3 Å². The minimum Gasteiger partial charge on any atom is -0.493 e. The number of hydrogen-bond donors (Lipinski definition) is 1. The molecule has 0 amide bonds. The van der Waals surface area contributed by atoms with Gasteiger partial charge >= 0.3 is 0 Å². The zero-order valence-electron chi connectivity index (χ0n) is 19.8. The summed E-state index contributed by atoms with van der Waals surface area (Å²) in [7, 11) is 0. The Morgan fingerprint density at radius 1 is 0.867 bits per heavy atom. The number of para-hydroxylation sites is 1. The molecule has 0 aliphatic heterocycles. The number of unbranched alkanes of at least 4 members (excludes halogenated alkanes) is 2. The first-order chi connectivity index (χ1) is 14.4. The van der Waals surface area contributed by atoms with Crippen molar-refractivity contribution in [3.8, 4) is 5.75 Å². The molecule has 0 radical (unpaired) electrons. The summed E-state index contributed by atoms with van der Waals surface area (Å²) < 4.78 is 6.33. The van der Waals surface area contributed by atoms with Crippen LogP contribution in [0.4, 0.5) is 0 Å². The normalized spacial score (nSPS) is 14.3. The highest BCUT2D eigenvalue weighted by atomic mass is 16.5. The summed E-state index contributed by atoms with van der Waals surface area (Å²) in [5, 5.41) is 2.46. The van der Waals surface area contributed by atoms with E-state index in [1.54, 1.807) is 0 Å². The fraction of sp³-hybridized carbons (Fsp3) is 0.571. The van der Waals surface area contributed by atoms with Gasteiger partial charge in [0.25, 0.3) is 0 Å². The van der Waals surface area contributed by atoms with Crippen LogP contribution in [0.1, 0.15) is 79.6 Å². The molecule has 2 heteroatoms. The highest BCUT2D eigenvalue weighted by molar-refractivity contribution is 6.10. The average molecular weight is 408 g/mol. The molecule has 0 fully saturated rings. The Bertz CT molecular complexity index is 917. The molecule has 2 atom stereocenters. The van der Waals surface area contributed by atoms with Gasteiger partial charge < -0.3 is 9.72 Å². The molecule has 30 heavy (non-hydrogen) atoms. The molecule has 0 saturated heterocycles. The molecule has 0 aliphatic carbocycles. The Kier molecular flexibility index (Phi) is 7.86. The van der Waals surface area contributed by atoms with Gasteiger partial charge in [0.2, 0.25) is 0 Å². The number of ether oxygens (including phenoxy) is 1. The van der Waals surface area contributed by atoms with Gasteiger partial charge in [-0.1, -0.05) is 84.6 Å².